The number of carbonyl (C=O) groups is 1. The fourth-order valence-corrected chi connectivity index (χ4v) is 1.29. The van der Waals surface area contributed by atoms with Gasteiger partial charge in [0.2, 0.25) is 5.91 Å². The molecule has 1 heterocycles. The zero-order valence-electron chi connectivity index (χ0n) is 9.21. The number of aromatic nitrogens is 2. The first kappa shape index (κ1) is 11.9. The third-order valence-corrected chi connectivity index (χ3v) is 2.04. The van der Waals surface area contributed by atoms with Crippen molar-refractivity contribution in [3.63, 3.8) is 0 Å². The Morgan fingerprint density at radius 2 is 2.38 bits per heavy atom. The predicted molar refractivity (Wildman–Crippen MR) is 58.4 cm³/mol. The van der Waals surface area contributed by atoms with Gasteiger partial charge in [-0.25, -0.2) is 0 Å². The third-order valence-electron chi connectivity index (χ3n) is 2.04. The molecule has 1 amide bonds. The summed E-state index contributed by atoms with van der Waals surface area (Å²) in [7, 11) is 0. The minimum Gasteiger partial charge on any atom is -0.368 e. The molecular formula is C10H13N5O. The smallest absolute Gasteiger partial charge is 0.237 e. The minimum absolute atomic E-state index is 0.0105. The molecule has 0 saturated heterocycles. The first-order valence-electron chi connectivity index (χ1n) is 4.83. The van der Waals surface area contributed by atoms with E-state index in [9.17, 15) is 4.79 Å². The van der Waals surface area contributed by atoms with Gasteiger partial charge in [0.05, 0.1) is 18.3 Å². The second kappa shape index (κ2) is 5.07. The first-order valence-corrected chi connectivity index (χ1v) is 4.83. The molecule has 0 unspecified atom stereocenters. The molecule has 2 N–H and O–H groups in total. The van der Waals surface area contributed by atoms with Crippen molar-refractivity contribution in [3.05, 3.63) is 17.8 Å². The number of carbonyl (C=O) groups excluding carboxylic acids is 1. The van der Waals surface area contributed by atoms with E-state index < -0.39 is 5.91 Å². The molecule has 6 nitrogen and oxygen atoms in total. The van der Waals surface area contributed by atoms with E-state index in [-0.39, 0.29) is 12.6 Å². The van der Waals surface area contributed by atoms with Gasteiger partial charge in [-0.15, -0.1) is 5.10 Å². The molecule has 6 heteroatoms. The molecule has 16 heavy (non-hydrogen) atoms. The summed E-state index contributed by atoms with van der Waals surface area (Å²) in [5, 5.41) is 16.5. The number of amides is 1. The molecule has 0 atom stereocenters. The zero-order valence-corrected chi connectivity index (χ0v) is 9.21. The van der Waals surface area contributed by atoms with Crippen molar-refractivity contribution < 1.29 is 4.79 Å². The zero-order chi connectivity index (χ0) is 12.1. The van der Waals surface area contributed by atoms with Crippen LogP contribution in [0.1, 0.15) is 19.4 Å². The molecule has 0 aliphatic rings. The highest BCUT2D eigenvalue weighted by Gasteiger charge is 2.18. The lowest BCUT2D eigenvalue weighted by atomic mass is 10.2. The van der Waals surface area contributed by atoms with E-state index in [0.717, 1.165) is 0 Å². The van der Waals surface area contributed by atoms with Crippen molar-refractivity contribution in [3.8, 4) is 6.07 Å². The Bertz CT molecular complexity index is 423. The van der Waals surface area contributed by atoms with Crippen molar-refractivity contribution in [1.82, 2.24) is 10.2 Å². The average molecular weight is 219 g/mol. The van der Waals surface area contributed by atoms with Gasteiger partial charge in [-0.05, 0) is 19.9 Å². The SMILES string of the molecule is CC(C)N(CC(N)=O)c1nnccc1C#N. The summed E-state index contributed by atoms with van der Waals surface area (Å²) in [6.07, 6.45) is 1.44. The monoisotopic (exact) mass is 219 g/mol. The number of rotatable bonds is 4. The van der Waals surface area contributed by atoms with Gasteiger partial charge in [0.1, 0.15) is 6.07 Å². The lowest BCUT2D eigenvalue weighted by Gasteiger charge is -2.26. The van der Waals surface area contributed by atoms with Crippen LogP contribution in [-0.4, -0.2) is 28.7 Å². The number of nitrogens with zero attached hydrogens (tertiary/aromatic N) is 4. The van der Waals surface area contributed by atoms with E-state index in [1.54, 1.807) is 11.0 Å². The summed E-state index contributed by atoms with van der Waals surface area (Å²) in [5.41, 5.74) is 5.53. The van der Waals surface area contributed by atoms with Crippen LogP contribution in [0.2, 0.25) is 0 Å². The topological polar surface area (TPSA) is 95.9 Å². The highest BCUT2D eigenvalue weighted by atomic mass is 16.1. The molecular weight excluding hydrogens is 206 g/mol. The van der Waals surface area contributed by atoms with Crippen LogP contribution in [0.3, 0.4) is 0 Å². The fourth-order valence-electron chi connectivity index (χ4n) is 1.29. The van der Waals surface area contributed by atoms with Crippen LogP contribution < -0.4 is 10.6 Å². The Morgan fingerprint density at radius 3 is 2.88 bits per heavy atom. The molecule has 0 radical (unpaired) electrons. The Morgan fingerprint density at radius 1 is 1.69 bits per heavy atom. The maximum atomic E-state index is 10.9. The van der Waals surface area contributed by atoms with Crippen LogP contribution in [0.5, 0.6) is 0 Å². The molecule has 1 aromatic heterocycles. The highest BCUT2D eigenvalue weighted by molar-refractivity contribution is 5.79. The van der Waals surface area contributed by atoms with Gasteiger partial charge in [0.25, 0.3) is 0 Å². The molecule has 0 aromatic carbocycles. The van der Waals surface area contributed by atoms with E-state index in [4.69, 9.17) is 11.0 Å². The minimum atomic E-state index is -0.469. The average Bonchev–Trinajstić information content (AvgIpc) is 2.25. The van der Waals surface area contributed by atoms with E-state index >= 15 is 0 Å². The quantitative estimate of drug-likeness (QED) is 0.771. The molecule has 0 fully saturated rings. The molecule has 0 aliphatic heterocycles. The van der Waals surface area contributed by atoms with Gasteiger partial charge in [0.15, 0.2) is 5.82 Å². The fraction of sp³-hybridized carbons (Fsp3) is 0.400. The summed E-state index contributed by atoms with van der Waals surface area (Å²) >= 11 is 0. The molecule has 0 spiro atoms. The van der Waals surface area contributed by atoms with Gasteiger partial charge >= 0.3 is 0 Å². The largest absolute Gasteiger partial charge is 0.368 e. The lowest BCUT2D eigenvalue weighted by molar-refractivity contribution is -0.116. The molecule has 84 valence electrons. The number of hydrogen-bond acceptors (Lipinski definition) is 5. The maximum Gasteiger partial charge on any atom is 0.237 e. The molecule has 1 aromatic rings. The van der Waals surface area contributed by atoms with Crippen molar-refractivity contribution >= 4 is 11.7 Å². The number of nitrogens with two attached hydrogens (primary N) is 1. The molecule has 1 rings (SSSR count). The standard InChI is InChI=1S/C10H13N5O/c1-7(2)15(6-9(12)16)10-8(5-11)3-4-13-14-10/h3-4,7H,6H2,1-2H3,(H2,12,16). The normalized spacial score (nSPS) is 9.88. The second-order valence-electron chi connectivity index (χ2n) is 3.57. The summed E-state index contributed by atoms with van der Waals surface area (Å²) < 4.78 is 0. The first-order chi connectivity index (χ1) is 7.56. The van der Waals surface area contributed by atoms with Crippen LogP contribution in [0.25, 0.3) is 0 Å². The highest BCUT2D eigenvalue weighted by Crippen LogP contribution is 2.17. The van der Waals surface area contributed by atoms with E-state index in [2.05, 4.69) is 10.2 Å². The molecule has 0 saturated carbocycles. The summed E-state index contributed by atoms with van der Waals surface area (Å²) in [6.45, 7) is 3.79. The Labute approximate surface area is 93.7 Å². The Balaban J connectivity index is 3.11. The van der Waals surface area contributed by atoms with Crippen molar-refractivity contribution in [1.29, 1.82) is 5.26 Å². The van der Waals surface area contributed by atoms with Crippen molar-refractivity contribution in [2.24, 2.45) is 5.73 Å². The van der Waals surface area contributed by atoms with Gasteiger partial charge in [0, 0.05) is 6.04 Å². The lowest BCUT2D eigenvalue weighted by Crippen LogP contribution is -2.39. The van der Waals surface area contributed by atoms with Gasteiger partial charge in [-0.1, -0.05) is 0 Å². The third kappa shape index (κ3) is 2.67. The van der Waals surface area contributed by atoms with E-state index in [0.29, 0.717) is 11.4 Å². The van der Waals surface area contributed by atoms with Gasteiger partial charge < -0.3 is 10.6 Å². The van der Waals surface area contributed by atoms with Crippen LogP contribution in [0.4, 0.5) is 5.82 Å². The van der Waals surface area contributed by atoms with Crippen LogP contribution in [-0.2, 0) is 4.79 Å². The molecule has 0 bridgehead atoms. The maximum absolute atomic E-state index is 10.9. The van der Waals surface area contributed by atoms with Gasteiger partial charge in [-0.2, -0.15) is 10.4 Å². The number of nitriles is 1. The van der Waals surface area contributed by atoms with E-state index in [1.807, 2.05) is 19.9 Å². The van der Waals surface area contributed by atoms with Gasteiger partial charge in [-0.3, -0.25) is 4.79 Å². The number of hydrogen-bond donors (Lipinski definition) is 1. The van der Waals surface area contributed by atoms with Crippen LogP contribution >= 0.6 is 0 Å². The number of anilines is 1. The second-order valence-corrected chi connectivity index (χ2v) is 3.57. The summed E-state index contributed by atoms with van der Waals surface area (Å²) in [5.74, 6) is -0.0814. The summed E-state index contributed by atoms with van der Waals surface area (Å²) in [6, 6.07) is 3.57. The van der Waals surface area contributed by atoms with Crippen LogP contribution in [0.15, 0.2) is 12.3 Å². The Hall–Kier alpha value is -2.16. The van der Waals surface area contributed by atoms with Crippen LogP contribution in [0, 0.1) is 11.3 Å². The Kier molecular flexibility index (Phi) is 3.78. The van der Waals surface area contributed by atoms with Crippen molar-refractivity contribution in [2.45, 2.75) is 19.9 Å². The molecule has 0 aliphatic carbocycles. The van der Waals surface area contributed by atoms with E-state index in [1.165, 1.54) is 6.20 Å². The predicted octanol–water partition coefficient (Wildman–Crippen LogP) is 0.0484. The number of primary amides is 1. The van der Waals surface area contributed by atoms with Crippen molar-refractivity contribution in [2.75, 3.05) is 11.4 Å². The summed E-state index contributed by atoms with van der Waals surface area (Å²) in [4.78, 5) is 12.6.